The molecule has 2 N–H and O–H groups in total. The Kier molecular flexibility index (Phi) is 8.96. The lowest BCUT2D eigenvalue weighted by Crippen LogP contribution is -2.37. The molecule has 0 saturated heterocycles. The minimum atomic E-state index is 0. The fourth-order valence-electron chi connectivity index (χ4n) is 2.26. The summed E-state index contributed by atoms with van der Waals surface area (Å²) in [5.74, 6) is 0.841. The van der Waals surface area contributed by atoms with Gasteiger partial charge in [0.15, 0.2) is 5.96 Å². The van der Waals surface area contributed by atoms with Gasteiger partial charge in [-0.1, -0.05) is 11.6 Å². The maximum Gasteiger partial charge on any atom is 0.191 e. The molecule has 0 radical (unpaired) electrons. The molecule has 0 saturated carbocycles. The molecule has 1 aliphatic rings. The van der Waals surface area contributed by atoms with Crippen molar-refractivity contribution in [3.63, 3.8) is 0 Å². The Morgan fingerprint density at radius 3 is 2.82 bits per heavy atom. The zero-order valence-electron chi connectivity index (χ0n) is 13.4. The number of thiazole rings is 1. The molecule has 1 aromatic heterocycles. The predicted octanol–water partition coefficient (Wildman–Crippen LogP) is 2.78. The summed E-state index contributed by atoms with van der Waals surface area (Å²) in [6, 6.07) is 0. The highest BCUT2D eigenvalue weighted by molar-refractivity contribution is 14.0. The van der Waals surface area contributed by atoms with Crippen LogP contribution in [0.25, 0.3) is 0 Å². The van der Waals surface area contributed by atoms with Gasteiger partial charge in [-0.2, -0.15) is 0 Å². The van der Waals surface area contributed by atoms with E-state index in [0.717, 1.165) is 55.8 Å². The SMILES string of the molecule is CN=C(NCCC1=CCOCC1)NCc1sc(C)nc1C.I. The second-order valence-corrected chi connectivity index (χ2v) is 6.32. The van der Waals surface area contributed by atoms with Crippen molar-refractivity contribution < 1.29 is 4.74 Å². The van der Waals surface area contributed by atoms with Gasteiger partial charge >= 0.3 is 0 Å². The highest BCUT2D eigenvalue weighted by Crippen LogP contribution is 2.16. The second-order valence-electron chi connectivity index (χ2n) is 5.03. The molecule has 22 heavy (non-hydrogen) atoms. The Labute approximate surface area is 153 Å². The Hall–Kier alpha value is -0.670. The molecule has 0 spiro atoms. The van der Waals surface area contributed by atoms with Crippen LogP contribution < -0.4 is 10.6 Å². The van der Waals surface area contributed by atoms with E-state index in [-0.39, 0.29) is 24.0 Å². The molecular weight excluding hydrogens is 411 g/mol. The fourth-order valence-corrected chi connectivity index (χ4v) is 3.13. The summed E-state index contributed by atoms with van der Waals surface area (Å²) in [5, 5.41) is 7.81. The number of aryl methyl sites for hydroxylation is 2. The molecule has 1 aliphatic heterocycles. The minimum Gasteiger partial charge on any atom is -0.377 e. The van der Waals surface area contributed by atoms with Crippen molar-refractivity contribution in [3.05, 3.63) is 27.2 Å². The largest absolute Gasteiger partial charge is 0.377 e. The molecule has 0 aromatic carbocycles. The first kappa shape index (κ1) is 19.4. The first-order valence-electron chi connectivity index (χ1n) is 7.32. The summed E-state index contributed by atoms with van der Waals surface area (Å²) in [4.78, 5) is 9.96. The van der Waals surface area contributed by atoms with Crippen LogP contribution in [0.2, 0.25) is 0 Å². The standard InChI is InChI=1S/C15H24N4OS.HI/c1-11-14(21-12(2)19-11)10-18-15(16-3)17-7-4-13-5-8-20-9-6-13;/h5H,4,6-10H2,1-3H3,(H2,16,17,18);1H. The molecule has 5 nitrogen and oxygen atoms in total. The second kappa shape index (κ2) is 10.2. The number of nitrogens with one attached hydrogen (secondary N) is 2. The topological polar surface area (TPSA) is 58.5 Å². The van der Waals surface area contributed by atoms with Crippen molar-refractivity contribution in [2.75, 3.05) is 26.8 Å². The lowest BCUT2D eigenvalue weighted by Gasteiger charge is -2.15. The van der Waals surface area contributed by atoms with E-state index >= 15 is 0 Å². The first-order valence-corrected chi connectivity index (χ1v) is 8.13. The summed E-state index contributed by atoms with van der Waals surface area (Å²) in [7, 11) is 1.80. The quantitative estimate of drug-likeness (QED) is 0.323. The van der Waals surface area contributed by atoms with Crippen molar-refractivity contribution in [2.45, 2.75) is 33.2 Å². The van der Waals surface area contributed by atoms with Gasteiger partial charge in [0.25, 0.3) is 0 Å². The first-order chi connectivity index (χ1) is 10.2. The van der Waals surface area contributed by atoms with Gasteiger partial charge in [-0.3, -0.25) is 4.99 Å². The maximum absolute atomic E-state index is 5.31. The van der Waals surface area contributed by atoms with Crippen LogP contribution in [-0.4, -0.2) is 37.7 Å². The van der Waals surface area contributed by atoms with E-state index in [1.165, 1.54) is 10.5 Å². The Balaban J connectivity index is 0.00000242. The molecule has 2 heterocycles. The molecular formula is C15H25IN4OS. The van der Waals surface area contributed by atoms with Gasteiger partial charge in [-0.05, 0) is 26.7 Å². The molecule has 0 fully saturated rings. The van der Waals surface area contributed by atoms with Gasteiger partial charge in [-0.15, -0.1) is 35.3 Å². The summed E-state index contributed by atoms with van der Waals surface area (Å²) in [5.41, 5.74) is 2.57. The Bertz CT molecular complexity index is 528. The molecule has 124 valence electrons. The van der Waals surface area contributed by atoms with Crippen molar-refractivity contribution in [1.29, 1.82) is 0 Å². The lowest BCUT2D eigenvalue weighted by atomic mass is 10.1. The Morgan fingerprint density at radius 1 is 1.41 bits per heavy atom. The van der Waals surface area contributed by atoms with Crippen LogP contribution in [0.3, 0.4) is 0 Å². The number of nitrogens with zero attached hydrogens (tertiary/aromatic N) is 2. The van der Waals surface area contributed by atoms with E-state index in [0.29, 0.717) is 0 Å². The number of hydrogen-bond donors (Lipinski definition) is 2. The average molecular weight is 436 g/mol. The van der Waals surface area contributed by atoms with Crippen molar-refractivity contribution in [2.24, 2.45) is 4.99 Å². The summed E-state index contributed by atoms with van der Waals surface area (Å²) in [6.45, 7) is 7.36. The van der Waals surface area contributed by atoms with Crippen LogP contribution in [-0.2, 0) is 11.3 Å². The van der Waals surface area contributed by atoms with Crippen molar-refractivity contribution in [3.8, 4) is 0 Å². The normalized spacial score (nSPS) is 15.0. The van der Waals surface area contributed by atoms with Crippen LogP contribution in [0.15, 0.2) is 16.6 Å². The number of hydrogen-bond acceptors (Lipinski definition) is 4. The molecule has 0 aliphatic carbocycles. The summed E-state index contributed by atoms with van der Waals surface area (Å²) in [6.07, 6.45) is 4.28. The van der Waals surface area contributed by atoms with Gasteiger partial charge in [0.1, 0.15) is 0 Å². The Morgan fingerprint density at radius 2 is 2.23 bits per heavy atom. The van der Waals surface area contributed by atoms with Crippen LogP contribution in [0.4, 0.5) is 0 Å². The number of ether oxygens (including phenoxy) is 1. The minimum absolute atomic E-state index is 0. The van der Waals surface area contributed by atoms with Crippen LogP contribution >= 0.6 is 35.3 Å². The monoisotopic (exact) mass is 436 g/mol. The third-order valence-corrected chi connectivity index (χ3v) is 4.51. The van der Waals surface area contributed by atoms with Crippen LogP contribution in [0.5, 0.6) is 0 Å². The molecule has 7 heteroatoms. The smallest absolute Gasteiger partial charge is 0.191 e. The van der Waals surface area contributed by atoms with E-state index in [1.807, 2.05) is 13.8 Å². The number of halogens is 1. The zero-order chi connectivity index (χ0) is 15.1. The summed E-state index contributed by atoms with van der Waals surface area (Å²) >= 11 is 1.73. The van der Waals surface area contributed by atoms with E-state index in [9.17, 15) is 0 Å². The molecule has 2 rings (SSSR count). The molecule has 1 aromatic rings. The predicted molar refractivity (Wildman–Crippen MR) is 103 cm³/mol. The van der Waals surface area contributed by atoms with Crippen molar-refractivity contribution in [1.82, 2.24) is 15.6 Å². The van der Waals surface area contributed by atoms with E-state index in [1.54, 1.807) is 18.4 Å². The van der Waals surface area contributed by atoms with Crippen molar-refractivity contribution >= 4 is 41.3 Å². The molecule has 0 amide bonds. The number of aromatic nitrogens is 1. The van der Waals surface area contributed by atoms with Crippen LogP contribution in [0, 0.1) is 13.8 Å². The number of guanidine groups is 1. The van der Waals surface area contributed by atoms with Gasteiger partial charge in [0.2, 0.25) is 0 Å². The maximum atomic E-state index is 5.31. The fraction of sp³-hybridized carbons (Fsp3) is 0.600. The zero-order valence-corrected chi connectivity index (χ0v) is 16.6. The lowest BCUT2D eigenvalue weighted by molar-refractivity contribution is 0.153. The number of aliphatic imine (C=N–C) groups is 1. The average Bonchev–Trinajstić information content (AvgIpc) is 2.81. The highest BCUT2D eigenvalue weighted by atomic mass is 127. The third kappa shape index (κ3) is 6.21. The van der Waals surface area contributed by atoms with E-state index in [2.05, 4.69) is 26.7 Å². The van der Waals surface area contributed by atoms with Gasteiger partial charge < -0.3 is 15.4 Å². The van der Waals surface area contributed by atoms with Gasteiger partial charge in [0, 0.05) is 18.5 Å². The van der Waals surface area contributed by atoms with Crippen LogP contribution in [0.1, 0.15) is 28.4 Å². The van der Waals surface area contributed by atoms with Gasteiger partial charge in [0.05, 0.1) is 30.5 Å². The van der Waals surface area contributed by atoms with E-state index in [4.69, 9.17) is 4.74 Å². The molecule has 0 atom stereocenters. The van der Waals surface area contributed by atoms with E-state index < -0.39 is 0 Å². The highest BCUT2D eigenvalue weighted by Gasteiger charge is 2.07. The third-order valence-electron chi connectivity index (χ3n) is 3.44. The summed E-state index contributed by atoms with van der Waals surface area (Å²) < 4.78 is 5.31. The molecule has 0 bridgehead atoms. The molecule has 0 unspecified atom stereocenters. The number of rotatable bonds is 5. The van der Waals surface area contributed by atoms with Gasteiger partial charge in [-0.25, -0.2) is 4.98 Å².